The maximum absolute atomic E-state index is 12.5. The molecule has 2 fully saturated rings. The standard InChI is InChI=1S/C19H28N4O3/c1-20-7-9-22(10-8-20)18(24)15-19(25)23-13-11-21(12-14-23)16-3-5-17(26-2)6-4-16/h3-6H,7-15H2,1-2H3. The van der Waals surface area contributed by atoms with Crippen molar-refractivity contribution in [2.24, 2.45) is 0 Å². The number of hydrogen-bond acceptors (Lipinski definition) is 5. The van der Waals surface area contributed by atoms with Crippen LogP contribution in [0.15, 0.2) is 24.3 Å². The first-order chi connectivity index (χ1) is 12.6. The van der Waals surface area contributed by atoms with E-state index in [4.69, 9.17) is 4.74 Å². The number of benzene rings is 1. The highest BCUT2D eigenvalue weighted by molar-refractivity contribution is 5.97. The fourth-order valence-electron chi connectivity index (χ4n) is 3.42. The van der Waals surface area contributed by atoms with E-state index in [9.17, 15) is 9.59 Å². The van der Waals surface area contributed by atoms with Gasteiger partial charge >= 0.3 is 0 Å². The first-order valence-electron chi connectivity index (χ1n) is 9.20. The fourth-order valence-corrected chi connectivity index (χ4v) is 3.42. The van der Waals surface area contributed by atoms with Gasteiger partial charge in [0.05, 0.1) is 7.11 Å². The second kappa shape index (κ2) is 8.40. The van der Waals surface area contributed by atoms with Crippen LogP contribution in [-0.4, -0.2) is 93.0 Å². The lowest BCUT2D eigenvalue weighted by Crippen LogP contribution is -2.51. The topological polar surface area (TPSA) is 56.3 Å². The molecule has 1 aromatic carbocycles. The summed E-state index contributed by atoms with van der Waals surface area (Å²) in [6.45, 7) is 6.05. The lowest BCUT2D eigenvalue weighted by atomic mass is 10.2. The van der Waals surface area contributed by atoms with Crippen molar-refractivity contribution in [3.63, 3.8) is 0 Å². The number of nitrogens with zero attached hydrogens (tertiary/aromatic N) is 4. The lowest BCUT2D eigenvalue weighted by molar-refractivity contribution is -0.141. The van der Waals surface area contributed by atoms with Crippen LogP contribution in [0.5, 0.6) is 5.75 Å². The summed E-state index contributed by atoms with van der Waals surface area (Å²) in [4.78, 5) is 32.9. The monoisotopic (exact) mass is 360 g/mol. The Morgan fingerprint density at radius 3 is 1.85 bits per heavy atom. The van der Waals surface area contributed by atoms with Crippen molar-refractivity contribution >= 4 is 17.5 Å². The SMILES string of the molecule is COc1ccc(N2CCN(C(=O)CC(=O)N3CCN(C)CC3)CC2)cc1. The average Bonchev–Trinajstić information content (AvgIpc) is 2.68. The summed E-state index contributed by atoms with van der Waals surface area (Å²) in [5.41, 5.74) is 1.13. The Hall–Kier alpha value is -2.28. The fraction of sp³-hybridized carbons (Fsp3) is 0.579. The predicted molar refractivity (Wildman–Crippen MR) is 100 cm³/mol. The number of rotatable bonds is 4. The number of amides is 2. The van der Waals surface area contributed by atoms with E-state index in [0.29, 0.717) is 26.2 Å². The first-order valence-corrected chi connectivity index (χ1v) is 9.20. The van der Waals surface area contributed by atoms with Crippen molar-refractivity contribution < 1.29 is 14.3 Å². The van der Waals surface area contributed by atoms with Crippen LogP contribution in [0.1, 0.15) is 6.42 Å². The molecule has 0 saturated carbocycles. The number of likely N-dealkylation sites (N-methyl/N-ethyl adjacent to an activating group) is 1. The van der Waals surface area contributed by atoms with E-state index in [2.05, 4.69) is 16.8 Å². The smallest absolute Gasteiger partial charge is 0.232 e. The van der Waals surface area contributed by atoms with Crippen molar-refractivity contribution in [2.45, 2.75) is 6.42 Å². The van der Waals surface area contributed by atoms with E-state index < -0.39 is 0 Å². The van der Waals surface area contributed by atoms with Gasteiger partial charge in [-0.2, -0.15) is 0 Å². The normalized spacial score (nSPS) is 18.8. The molecule has 2 saturated heterocycles. The highest BCUT2D eigenvalue weighted by Crippen LogP contribution is 2.20. The summed E-state index contributed by atoms with van der Waals surface area (Å²) in [5, 5.41) is 0. The van der Waals surface area contributed by atoms with Crippen molar-refractivity contribution in [1.29, 1.82) is 0 Å². The van der Waals surface area contributed by atoms with Crippen LogP contribution in [-0.2, 0) is 9.59 Å². The highest BCUT2D eigenvalue weighted by atomic mass is 16.5. The molecular formula is C19H28N4O3. The molecule has 0 aromatic heterocycles. The maximum atomic E-state index is 12.5. The van der Waals surface area contributed by atoms with Crippen LogP contribution in [0.2, 0.25) is 0 Å². The molecule has 0 atom stereocenters. The molecule has 2 aliphatic rings. The Balaban J connectivity index is 1.46. The van der Waals surface area contributed by atoms with Gasteiger partial charge in [0.1, 0.15) is 12.2 Å². The summed E-state index contributed by atoms with van der Waals surface area (Å²) in [7, 11) is 3.71. The number of carbonyl (C=O) groups excluding carboxylic acids is 2. The number of hydrogen-bond donors (Lipinski definition) is 0. The molecule has 7 nitrogen and oxygen atoms in total. The van der Waals surface area contributed by atoms with E-state index in [0.717, 1.165) is 37.6 Å². The van der Waals surface area contributed by atoms with Crippen molar-refractivity contribution in [3.8, 4) is 5.75 Å². The van der Waals surface area contributed by atoms with Gasteiger partial charge in [0, 0.05) is 58.0 Å². The molecular weight excluding hydrogens is 332 g/mol. The number of carbonyl (C=O) groups is 2. The van der Waals surface area contributed by atoms with Crippen LogP contribution in [0, 0.1) is 0 Å². The first kappa shape index (κ1) is 18.5. The second-order valence-electron chi connectivity index (χ2n) is 6.93. The molecule has 0 aliphatic carbocycles. The Morgan fingerprint density at radius 1 is 0.846 bits per heavy atom. The maximum Gasteiger partial charge on any atom is 0.232 e. The summed E-state index contributed by atoms with van der Waals surface area (Å²) in [6, 6.07) is 7.96. The van der Waals surface area contributed by atoms with Crippen LogP contribution in [0.3, 0.4) is 0 Å². The minimum Gasteiger partial charge on any atom is -0.497 e. The van der Waals surface area contributed by atoms with Crippen LogP contribution in [0.25, 0.3) is 0 Å². The summed E-state index contributed by atoms with van der Waals surface area (Å²) in [6.07, 6.45) is -0.00769. The van der Waals surface area contributed by atoms with E-state index in [1.165, 1.54) is 0 Å². The molecule has 7 heteroatoms. The molecule has 0 unspecified atom stereocenters. The summed E-state index contributed by atoms with van der Waals surface area (Å²) < 4.78 is 5.19. The van der Waals surface area contributed by atoms with E-state index in [-0.39, 0.29) is 18.2 Å². The molecule has 0 bridgehead atoms. The van der Waals surface area contributed by atoms with Gasteiger partial charge in [-0.25, -0.2) is 0 Å². The van der Waals surface area contributed by atoms with Gasteiger partial charge in [0.2, 0.25) is 11.8 Å². The summed E-state index contributed by atoms with van der Waals surface area (Å²) in [5.74, 6) is 0.744. The van der Waals surface area contributed by atoms with Gasteiger partial charge in [-0.3, -0.25) is 9.59 Å². The van der Waals surface area contributed by atoms with Crippen molar-refractivity contribution in [1.82, 2.24) is 14.7 Å². The third kappa shape index (κ3) is 4.46. The quantitative estimate of drug-likeness (QED) is 0.733. The second-order valence-corrected chi connectivity index (χ2v) is 6.93. The zero-order valence-electron chi connectivity index (χ0n) is 15.7. The third-order valence-electron chi connectivity index (χ3n) is 5.23. The minimum atomic E-state index is -0.0525. The largest absolute Gasteiger partial charge is 0.497 e. The Kier molecular flexibility index (Phi) is 5.98. The molecule has 3 rings (SSSR count). The lowest BCUT2D eigenvalue weighted by Gasteiger charge is -2.37. The molecule has 26 heavy (non-hydrogen) atoms. The highest BCUT2D eigenvalue weighted by Gasteiger charge is 2.26. The Labute approximate surface area is 155 Å². The van der Waals surface area contributed by atoms with Crippen molar-refractivity contribution in [3.05, 3.63) is 24.3 Å². The van der Waals surface area contributed by atoms with E-state index in [1.54, 1.807) is 7.11 Å². The molecule has 142 valence electrons. The molecule has 0 N–H and O–H groups in total. The molecule has 2 aliphatic heterocycles. The Bertz CT molecular complexity index is 618. The van der Waals surface area contributed by atoms with Gasteiger partial charge in [0.25, 0.3) is 0 Å². The Morgan fingerprint density at radius 2 is 1.35 bits per heavy atom. The molecule has 1 aromatic rings. The molecule has 0 radical (unpaired) electrons. The van der Waals surface area contributed by atoms with Gasteiger partial charge in [-0.05, 0) is 31.3 Å². The number of piperazine rings is 2. The zero-order valence-corrected chi connectivity index (χ0v) is 15.7. The van der Waals surface area contributed by atoms with Gasteiger partial charge < -0.3 is 24.3 Å². The van der Waals surface area contributed by atoms with E-state index >= 15 is 0 Å². The molecule has 2 heterocycles. The molecule has 2 amide bonds. The minimum absolute atomic E-state index is 0.00769. The van der Waals surface area contributed by atoms with Crippen LogP contribution >= 0.6 is 0 Å². The zero-order chi connectivity index (χ0) is 18.5. The van der Waals surface area contributed by atoms with Crippen LogP contribution < -0.4 is 9.64 Å². The third-order valence-corrected chi connectivity index (χ3v) is 5.23. The molecule has 0 spiro atoms. The predicted octanol–water partition coefficient (Wildman–Crippen LogP) is 0.508. The number of ether oxygens (including phenoxy) is 1. The number of anilines is 1. The van der Waals surface area contributed by atoms with Gasteiger partial charge in [-0.15, -0.1) is 0 Å². The summed E-state index contributed by atoms with van der Waals surface area (Å²) >= 11 is 0. The number of methoxy groups -OCH3 is 1. The van der Waals surface area contributed by atoms with Gasteiger partial charge in [-0.1, -0.05) is 0 Å². The van der Waals surface area contributed by atoms with Gasteiger partial charge in [0.15, 0.2) is 0 Å². The van der Waals surface area contributed by atoms with Crippen LogP contribution in [0.4, 0.5) is 5.69 Å². The van der Waals surface area contributed by atoms with E-state index in [1.807, 2.05) is 34.1 Å². The van der Waals surface area contributed by atoms with Crippen molar-refractivity contribution in [2.75, 3.05) is 71.4 Å². The average molecular weight is 360 g/mol.